The van der Waals surface area contributed by atoms with Gasteiger partial charge in [-0.05, 0) is 72.1 Å². The van der Waals surface area contributed by atoms with Crippen LogP contribution in [0.4, 0.5) is 0 Å². The van der Waals surface area contributed by atoms with E-state index in [1.807, 2.05) is 0 Å². The molecule has 1 heterocycles. The molecule has 0 bridgehead atoms. The summed E-state index contributed by atoms with van der Waals surface area (Å²) < 4.78 is 0.690. The number of hydrogen-bond donors (Lipinski definition) is 2. The summed E-state index contributed by atoms with van der Waals surface area (Å²) in [5.41, 5.74) is 4.97. The molecule has 1 aromatic heterocycles. The lowest BCUT2D eigenvalue weighted by atomic mass is 10.0. The molecule has 0 saturated heterocycles. The molecule has 0 saturated carbocycles. The summed E-state index contributed by atoms with van der Waals surface area (Å²) in [5.74, 6) is 0. The maximum Gasteiger partial charge on any atom is 0.175 e. The van der Waals surface area contributed by atoms with Gasteiger partial charge in [-0.25, -0.2) is 0 Å². The van der Waals surface area contributed by atoms with Gasteiger partial charge in [-0.2, -0.15) is 0 Å². The third-order valence-electron chi connectivity index (χ3n) is 5.41. The molecule has 0 radical (unpaired) electrons. The van der Waals surface area contributed by atoms with Gasteiger partial charge in [0, 0.05) is 13.1 Å². The first-order valence-electron chi connectivity index (χ1n) is 10.1. The second-order valence-electron chi connectivity index (χ2n) is 7.44. The lowest BCUT2D eigenvalue weighted by molar-refractivity contribution is 0.281. The van der Waals surface area contributed by atoms with Crippen LogP contribution in [0.3, 0.4) is 0 Å². The van der Waals surface area contributed by atoms with Crippen molar-refractivity contribution in [3.63, 3.8) is 0 Å². The molecule has 28 heavy (non-hydrogen) atoms. The normalized spacial score (nSPS) is 11.6. The second kappa shape index (κ2) is 8.72. The quantitative estimate of drug-likeness (QED) is 0.369. The summed E-state index contributed by atoms with van der Waals surface area (Å²) in [6.07, 6.45) is 3.32. The minimum Gasteiger partial charge on any atom is -0.331 e. The van der Waals surface area contributed by atoms with Gasteiger partial charge in [0.15, 0.2) is 4.77 Å². The Morgan fingerprint density at radius 2 is 1.61 bits per heavy atom. The van der Waals surface area contributed by atoms with E-state index in [0.29, 0.717) is 4.77 Å². The zero-order chi connectivity index (χ0) is 19.3. The molecule has 0 aliphatic heterocycles. The molecule has 4 heteroatoms. The molecule has 3 aromatic carbocycles. The van der Waals surface area contributed by atoms with E-state index in [9.17, 15) is 0 Å². The van der Waals surface area contributed by atoms with Crippen molar-refractivity contribution in [3.05, 3.63) is 76.6 Å². The molecular weight excluding hydrogens is 362 g/mol. The van der Waals surface area contributed by atoms with Gasteiger partial charge in [-0.3, -0.25) is 0 Å². The monoisotopic (exact) mass is 389 g/mol. The van der Waals surface area contributed by atoms with E-state index in [2.05, 4.69) is 82.5 Å². The van der Waals surface area contributed by atoms with E-state index in [1.165, 1.54) is 28.3 Å². The van der Waals surface area contributed by atoms with Crippen LogP contribution in [0.1, 0.15) is 24.5 Å². The van der Waals surface area contributed by atoms with E-state index in [1.54, 1.807) is 0 Å². The van der Waals surface area contributed by atoms with Crippen molar-refractivity contribution in [2.45, 2.75) is 26.2 Å². The lowest BCUT2D eigenvalue weighted by Gasteiger charge is -2.22. The third-order valence-corrected chi connectivity index (χ3v) is 5.62. The third kappa shape index (κ3) is 4.34. The van der Waals surface area contributed by atoms with Crippen molar-refractivity contribution >= 4 is 34.0 Å². The number of nitrogens with one attached hydrogen (secondary N) is 2. The Balaban J connectivity index is 1.42. The van der Waals surface area contributed by atoms with Crippen molar-refractivity contribution in [1.29, 1.82) is 0 Å². The van der Waals surface area contributed by atoms with Gasteiger partial charge in [0.1, 0.15) is 0 Å². The molecule has 0 spiro atoms. The van der Waals surface area contributed by atoms with Gasteiger partial charge in [0.2, 0.25) is 0 Å². The van der Waals surface area contributed by atoms with E-state index in [4.69, 9.17) is 12.2 Å². The summed E-state index contributed by atoms with van der Waals surface area (Å²) in [6.45, 7) is 5.57. The van der Waals surface area contributed by atoms with Crippen molar-refractivity contribution in [2.75, 3.05) is 19.6 Å². The van der Waals surface area contributed by atoms with Gasteiger partial charge in [0.05, 0.1) is 11.0 Å². The molecule has 4 aromatic rings. The molecule has 0 amide bonds. The number of rotatable bonds is 8. The highest BCUT2D eigenvalue weighted by molar-refractivity contribution is 7.71. The van der Waals surface area contributed by atoms with Crippen LogP contribution < -0.4 is 0 Å². The summed E-state index contributed by atoms with van der Waals surface area (Å²) in [5, 5.41) is 2.72. The van der Waals surface area contributed by atoms with Gasteiger partial charge < -0.3 is 14.9 Å². The fourth-order valence-corrected chi connectivity index (χ4v) is 4.18. The van der Waals surface area contributed by atoms with E-state index < -0.39 is 0 Å². The first kappa shape index (κ1) is 18.9. The average molecular weight is 390 g/mol. The van der Waals surface area contributed by atoms with Crippen molar-refractivity contribution < 1.29 is 0 Å². The van der Waals surface area contributed by atoms with E-state index in [-0.39, 0.29) is 0 Å². The molecule has 0 aliphatic rings. The number of imidazole rings is 1. The van der Waals surface area contributed by atoms with Gasteiger partial charge in [0.25, 0.3) is 0 Å². The van der Waals surface area contributed by atoms with Gasteiger partial charge in [-0.1, -0.05) is 55.5 Å². The zero-order valence-electron chi connectivity index (χ0n) is 16.4. The molecule has 2 N–H and O–H groups in total. The molecule has 0 aliphatic carbocycles. The molecule has 0 unspecified atom stereocenters. The summed E-state index contributed by atoms with van der Waals surface area (Å²) in [6, 6.07) is 21.9. The summed E-state index contributed by atoms with van der Waals surface area (Å²) in [7, 11) is 0. The number of aromatic amines is 2. The maximum atomic E-state index is 5.19. The number of fused-ring (bicyclic) bond motifs is 2. The maximum absolute atomic E-state index is 5.19. The number of aromatic nitrogens is 2. The molecule has 0 fully saturated rings. The van der Waals surface area contributed by atoms with E-state index >= 15 is 0 Å². The van der Waals surface area contributed by atoms with Crippen LogP contribution in [0.15, 0.2) is 60.7 Å². The minimum atomic E-state index is 0.690. The predicted octanol–water partition coefficient (Wildman–Crippen LogP) is 5.88. The molecule has 3 nitrogen and oxygen atoms in total. The highest BCUT2D eigenvalue weighted by Gasteiger charge is 2.08. The topological polar surface area (TPSA) is 34.8 Å². The lowest BCUT2D eigenvalue weighted by Crippen LogP contribution is -2.29. The fraction of sp³-hybridized carbons (Fsp3) is 0.292. The smallest absolute Gasteiger partial charge is 0.175 e. The molecule has 144 valence electrons. The minimum absolute atomic E-state index is 0.690. The first-order chi connectivity index (χ1) is 13.7. The van der Waals surface area contributed by atoms with Crippen LogP contribution in [0.5, 0.6) is 0 Å². The standard InChI is InChI=1S/C24H27N3S/c1-2-14-27(15-12-18-10-11-22-23(17-18)26-24(28)25-22)16-13-20-8-5-7-19-6-3-4-9-21(19)20/h3-11,17H,2,12-16H2,1H3,(H2,25,26,28). The Kier molecular flexibility index (Phi) is 5.89. The van der Waals surface area contributed by atoms with Crippen LogP contribution in [0.25, 0.3) is 21.8 Å². The predicted molar refractivity (Wildman–Crippen MR) is 122 cm³/mol. The van der Waals surface area contributed by atoms with Crippen molar-refractivity contribution in [2.24, 2.45) is 0 Å². The number of benzene rings is 3. The summed E-state index contributed by atoms with van der Waals surface area (Å²) >= 11 is 5.19. The molecule has 4 rings (SSSR count). The SMILES string of the molecule is CCCN(CCc1ccc2[nH]c(=S)[nH]c2c1)CCc1cccc2ccccc12. The van der Waals surface area contributed by atoms with Gasteiger partial charge in [-0.15, -0.1) is 0 Å². The van der Waals surface area contributed by atoms with Crippen molar-refractivity contribution in [1.82, 2.24) is 14.9 Å². The Labute approximate surface area is 171 Å². The highest BCUT2D eigenvalue weighted by atomic mass is 32.1. The Bertz CT molecular complexity index is 1120. The molecular formula is C24H27N3S. The number of nitrogens with zero attached hydrogens (tertiary/aromatic N) is 1. The Hall–Kier alpha value is -2.43. The van der Waals surface area contributed by atoms with Crippen LogP contribution in [0.2, 0.25) is 0 Å². The first-order valence-corrected chi connectivity index (χ1v) is 10.5. The van der Waals surface area contributed by atoms with Crippen molar-refractivity contribution in [3.8, 4) is 0 Å². The van der Waals surface area contributed by atoms with E-state index in [0.717, 1.165) is 43.5 Å². The van der Waals surface area contributed by atoms with Crippen LogP contribution >= 0.6 is 12.2 Å². The largest absolute Gasteiger partial charge is 0.331 e. The van der Waals surface area contributed by atoms with Gasteiger partial charge >= 0.3 is 0 Å². The highest BCUT2D eigenvalue weighted by Crippen LogP contribution is 2.19. The second-order valence-corrected chi connectivity index (χ2v) is 7.85. The fourth-order valence-electron chi connectivity index (χ4n) is 3.96. The Morgan fingerprint density at radius 3 is 2.50 bits per heavy atom. The number of hydrogen-bond acceptors (Lipinski definition) is 2. The van der Waals surface area contributed by atoms with Crippen LogP contribution in [-0.2, 0) is 12.8 Å². The molecule has 0 atom stereocenters. The Morgan fingerprint density at radius 1 is 0.821 bits per heavy atom. The van der Waals surface area contributed by atoms with Crippen LogP contribution in [-0.4, -0.2) is 34.5 Å². The zero-order valence-corrected chi connectivity index (χ0v) is 17.2. The van der Waals surface area contributed by atoms with Crippen LogP contribution in [0, 0.1) is 4.77 Å². The average Bonchev–Trinajstić information content (AvgIpc) is 3.09. The number of H-pyrrole nitrogens is 2. The summed E-state index contributed by atoms with van der Waals surface area (Å²) in [4.78, 5) is 8.98.